The van der Waals surface area contributed by atoms with Crippen LogP contribution in [0.2, 0.25) is 0 Å². The number of carbonyl (C=O) groups is 2. The van der Waals surface area contributed by atoms with Crippen LogP contribution in [0, 0.1) is 0 Å². The monoisotopic (exact) mass is 576 g/mol. The number of alkyl carbamates (subject to hydrolysis) is 1. The van der Waals surface area contributed by atoms with Crippen molar-refractivity contribution in [2.45, 2.75) is 18.6 Å². The highest BCUT2D eigenvalue weighted by Gasteiger charge is 2.34. The molecule has 0 spiro atoms. The SMILES string of the molecule is NCCNC(=O)c1cccc(Oc2cc(CNC(=O)OCC3c4ccccc4-c4ccccc43)cc(C(F)(F)F)n2)c1. The van der Waals surface area contributed by atoms with Gasteiger partial charge in [0, 0.05) is 37.2 Å². The first-order chi connectivity index (χ1) is 20.2. The molecular formula is C31H27F3N4O4. The molecule has 1 heterocycles. The summed E-state index contributed by atoms with van der Waals surface area (Å²) in [4.78, 5) is 28.4. The summed E-state index contributed by atoms with van der Waals surface area (Å²) in [6.45, 7) is 0.315. The third kappa shape index (κ3) is 6.52. The van der Waals surface area contributed by atoms with Crippen molar-refractivity contribution in [3.63, 3.8) is 0 Å². The molecule has 3 aromatic carbocycles. The van der Waals surface area contributed by atoms with Gasteiger partial charge in [-0.25, -0.2) is 9.78 Å². The number of pyridine rings is 1. The average molecular weight is 577 g/mol. The Bertz CT molecular complexity index is 1560. The lowest BCUT2D eigenvalue weighted by Gasteiger charge is -2.15. The van der Waals surface area contributed by atoms with Gasteiger partial charge in [-0.3, -0.25) is 4.79 Å². The van der Waals surface area contributed by atoms with Gasteiger partial charge in [0.2, 0.25) is 5.88 Å². The van der Waals surface area contributed by atoms with E-state index in [4.69, 9.17) is 15.2 Å². The van der Waals surface area contributed by atoms with E-state index in [2.05, 4.69) is 15.6 Å². The highest BCUT2D eigenvalue weighted by molar-refractivity contribution is 5.94. The van der Waals surface area contributed by atoms with Crippen molar-refractivity contribution in [2.24, 2.45) is 5.73 Å². The number of alkyl halides is 3. The molecular weight excluding hydrogens is 549 g/mol. The lowest BCUT2D eigenvalue weighted by molar-refractivity contribution is -0.141. The zero-order valence-corrected chi connectivity index (χ0v) is 22.3. The normalized spacial score (nSPS) is 12.3. The molecule has 1 aliphatic carbocycles. The van der Waals surface area contributed by atoms with Crippen LogP contribution in [0.25, 0.3) is 11.1 Å². The minimum absolute atomic E-state index is 0.0631. The Kier molecular flexibility index (Phi) is 8.39. The third-order valence-corrected chi connectivity index (χ3v) is 6.68. The van der Waals surface area contributed by atoms with Crippen molar-refractivity contribution >= 4 is 12.0 Å². The second kappa shape index (κ2) is 12.3. The molecule has 0 radical (unpaired) electrons. The minimum Gasteiger partial charge on any atom is -0.449 e. The average Bonchev–Trinajstić information content (AvgIpc) is 3.31. The molecule has 216 valence electrons. The van der Waals surface area contributed by atoms with Crippen LogP contribution in [-0.4, -0.2) is 36.7 Å². The molecule has 42 heavy (non-hydrogen) atoms. The maximum absolute atomic E-state index is 13.6. The van der Waals surface area contributed by atoms with Crippen molar-refractivity contribution < 1.29 is 32.2 Å². The number of nitrogens with two attached hydrogens (primary N) is 1. The summed E-state index contributed by atoms with van der Waals surface area (Å²) in [6, 6.07) is 23.8. The van der Waals surface area contributed by atoms with Gasteiger partial charge in [-0.05, 0) is 52.1 Å². The highest BCUT2D eigenvalue weighted by atomic mass is 19.4. The van der Waals surface area contributed by atoms with Crippen molar-refractivity contribution in [3.05, 3.63) is 113 Å². The first-order valence-corrected chi connectivity index (χ1v) is 13.2. The molecule has 0 saturated carbocycles. The molecule has 8 nitrogen and oxygen atoms in total. The number of ether oxygens (including phenoxy) is 2. The number of rotatable bonds is 9. The van der Waals surface area contributed by atoms with Crippen molar-refractivity contribution in [1.82, 2.24) is 15.6 Å². The quantitative estimate of drug-likeness (QED) is 0.238. The first-order valence-electron chi connectivity index (χ1n) is 13.2. The molecule has 1 aliphatic rings. The number of carbonyl (C=O) groups excluding carboxylic acids is 2. The smallest absolute Gasteiger partial charge is 0.433 e. The Balaban J connectivity index is 1.26. The number of halogens is 3. The van der Waals surface area contributed by atoms with Gasteiger partial charge >= 0.3 is 12.3 Å². The predicted octanol–water partition coefficient (Wildman–Crippen LogP) is 5.62. The molecule has 2 amide bonds. The predicted molar refractivity (Wildman–Crippen MR) is 149 cm³/mol. The Hall–Kier alpha value is -4.90. The topological polar surface area (TPSA) is 116 Å². The zero-order valence-electron chi connectivity index (χ0n) is 22.3. The lowest BCUT2D eigenvalue weighted by Crippen LogP contribution is -2.28. The van der Waals surface area contributed by atoms with E-state index in [1.54, 1.807) is 0 Å². The maximum atomic E-state index is 13.6. The van der Waals surface area contributed by atoms with E-state index in [9.17, 15) is 22.8 Å². The second-order valence-corrected chi connectivity index (χ2v) is 9.55. The van der Waals surface area contributed by atoms with Gasteiger partial charge in [-0.1, -0.05) is 54.6 Å². The van der Waals surface area contributed by atoms with Gasteiger partial charge in [0.1, 0.15) is 18.1 Å². The summed E-state index contributed by atoms with van der Waals surface area (Å²) in [5.41, 5.74) is 8.78. The van der Waals surface area contributed by atoms with E-state index in [0.717, 1.165) is 28.3 Å². The number of fused-ring (bicyclic) bond motifs is 3. The molecule has 1 aromatic heterocycles. The molecule has 0 aliphatic heterocycles. The van der Waals surface area contributed by atoms with E-state index in [-0.39, 0.29) is 54.9 Å². The Morgan fingerprint density at radius 2 is 1.57 bits per heavy atom. The van der Waals surface area contributed by atoms with Crippen molar-refractivity contribution in [2.75, 3.05) is 19.7 Å². The Labute approximate surface area is 239 Å². The number of nitrogens with zero attached hydrogens (tertiary/aromatic N) is 1. The molecule has 0 bridgehead atoms. The van der Waals surface area contributed by atoms with Gasteiger partial charge in [0.25, 0.3) is 5.91 Å². The number of hydrogen-bond acceptors (Lipinski definition) is 6. The number of hydrogen-bond donors (Lipinski definition) is 3. The van der Waals surface area contributed by atoms with Crippen molar-refractivity contribution in [3.8, 4) is 22.8 Å². The fourth-order valence-electron chi connectivity index (χ4n) is 4.79. The maximum Gasteiger partial charge on any atom is 0.433 e. The largest absolute Gasteiger partial charge is 0.449 e. The van der Waals surface area contributed by atoms with Crippen LogP contribution in [0.1, 0.15) is 38.7 Å². The number of nitrogens with one attached hydrogen (secondary N) is 2. The number of aromatic nitrogens is 1. The summed E-state index contributed by atoms with van der Waals surface area (Å²) in [6.07, 6.45) is -5.54. The van der Waals surface area contributed by atoms with Gasteiger partial charge in [0.15, 0.2) is 0 Å². The molecule has 5 rings (SSSR count). The fraction of sp³-hybridized carbons (Fsp3) is 0.194. The second-order valence-electron chi connectivity index (χ2n) is 9.55. The molecule has 0 atom stereocenters. The lowest BCUT2D eigenvalue weighted by atomic mass is 9.98. The Morgan fingerprint density at radius 1 is 0.881 bits per heavy atom. The standard InChI is InChI=1S/C31H27F3N4O4/c32-31(33,34)27-14-19(15-28(38-27)42-21-7-5-6-20(16-21)29(39)36-13-12-35)17-37-30(40)41-18-26-24-10-3-1-8-22(24)23-9-2-4-11-25(23)26/h1-11,14-16,26H,12-13,17-18,35H2,(H,36,39)(H,37,40). The summed E-state index contributed by atoms with van der Waals surface area (Å²) in [7, 11) is 0. The van der Waals surface area contributed by atoms with E-state index in [1.807, 2.05) is 48.5 Å². The van der Waals surface area contributed by atoms with Crippen molar-refractivity contribution in [1.29, 1.82) is 0 Å². The molecule has 0 unspecified atom stereocenters. The summed E-state index contributed by atoms with van der Waals surface area (Å²) in [5.74, 6) is -0.809. The van der Waals surface area contributed by atoms with Crippen LogP contribution in [0.4, 0.5) is 18.0 Å². The molecule has 11 heteroatoms. The van der Waals surface area contributed by atoms with E-state index >= 15 is 0 Å². The van der Waals surface area contributed by atoms with Gasteiger partial charge in [0.05, 0.1) is 0 Å². The zero-order chi connectivity index (χ0) is 29.7. The van der Waals surface area contributed by atoms with Crippen LogP contribution in [0.5, 0.6) is 11.6 Å². The van der Waals surface area contributed by atoms with Gasteiger partial charge in [-0.15, -0.1) is 0 Å². The van der Waals surface area contributed by atoms with Crippen LogP contribution in [-0.2, 0) is 17.5 Å². The van der Waals surface area contributed by atoms with E-state index in [0.29, 0.717) is 0 Å². The van der Waals surface area contributed by atoms with Crippen LogP contribution in [0.3, 0.4) is 0 Å². The highest BCUT2D eigenvalue weighted by Crippen LogP contribution is 2.44. The Morgan fingerprint density at radius 3 is 2.24 bits per heavy atom. The molecule has 0 saturated heterocycles. The van der Waals surface area contributed by atoms with E-state index in [1.165, 1.54) is 30.3 Å². The fourth-order valence-corrected chi connectivity index (χ4v) is 4.79. The van der Waals surface area contributed by atoms with Crippen LogP contribution < -0.4 is 21.1 Å². The summed E-state index contributed by atoms with van der Waals surface area (Å²) >= 11 is 0. The molecule has 4 aromatic rings. The number of amides is 2. The van der Waals surface area contributed by atoms with Gasteiger partial charge in [-0.2, -0.15) is 13.2 Å². The van der Waals surface area contributed by atoms with Crippen LogP contribution >= 0.6 is 0 Å². The molecule has 0 fully saturated rings. The van der Waals surface area contributed by atoms with Gasteiger partial charge < -0.3 is 25.8 Å². The summed E-state index contributed by atoms with van der Waals surface area (Å²) in [5, 5.41) is 5.12. The number of benzene rings is 3. The third-order valence-electron chi connectivity index (χ3n) is 6.68. The molecule has 4 N–H and O–H groups in total. The summed E-state index contributed by atoms with van der Waals surface area (Å²) < 4.78 is 51.9. The van der Waals surface area contributed by atoms with E-state index < -0.39 is 23.9 Å². The van der Waals surface area contributed by atoms with Crippen LogP contribution in [0.15, 0.2) is 84.9 Å². The minimum atomic E-state index is -4.76. The first kappa shape index (κ1) is 28.6.